The molecule has 1 unspecified atom stereocenters. The lowest BCUT2D eigenvalue weighted by atomic mass is 9.73. The molecule has 1 saturated heterocycles. The van der Waals surface area contributed by atoms with Crippen LogP contribution < -0.4 is 0 Å². The van der Waals surface area contributed by atoms with Gasteiger partial charge in [0, 0.05) is 21.4 Å². The van der Waals surface area contributed by atoms with Gasteiger partial charge in [0.1, 0.15) is 11.9 Å². The molecule has 7 heteroatoms. The van der Waals surface area contributed by atoms with Crippen LogP contribution in [0.15, 0.2) is 42.6 Å². The zero-order valence-corrected chi connectivity index (χ0v) is 17.1. The molecule has 1 aromatic heterocycles. The zero-order chi connectivity index (χ0) is 20.4. The van der Waals surface area contributed by atoms with Crippen molar-refractivity contribution in [1.82, 2.24) is 15.1 Å². The Morgan fingerprint density at radius 2 is 2.00 bits per heavy atom. The van der Waals surface area contributed by atoms with Crippen molar-refractivity contribution in [2.75, 3.05) is 33.4 Å². The minimum atomic E-state index is -0.534. The van der Waals surface area contributed by atoms with Crippen LogP contribution in [-0.4, -0.2) is 53.6 Å². The Labute approximate surface area is 174 Å². The fraction of sp³-hybridized carbons (Fsp3) is 0.409. The first-order valence-electron chi connectivity index (χ1n) is 9.80. The van der Waals surface area contributed by atoms with E-state index in [4.69, 9.17) is 16.3 Å². The van der Waals surface area contributed by atoms with Gasteiger partial charge in [-0.3, -0.25) is 5.10 Å². The molecule has 2 aromatic carbocycles. The standard InChI is InChI=1S/C22H25ClFN3O2/c1-27-8-6-22(7-9-27,16-2-4-18(24)5-3-16)14-29-20(13-28)19-11-17(23)10-15-12-25-26-21(15)19/h2-5,10-12,20,28H,6-9,13-14H2,1H3,(H,25,26). The monoisotopic (exact) mass is 417 g/mol. The summed E-state index contributed by atoms with van der Waals surface area (Å²) in [5.41, 5.74) is 2.45. The van der Waals surface area contributed by atoms with Gasteiger partial charge in [0.25, 0.3) is 0 Å². The fourth-order valence-corrected chi connectivity index (χ4v) is 4.40. The van der Waals surface area contributed by atoms with Gasteiger partial charge in [-0.2, -0.15) is 5.10 Å². The molecule has 3 aromatic rings. The number of nitrogens with zero attached hydrogens (tertiary/aromatic N) is 2. The average Bonchev–Trinajstić information content (AvgIpc) is 3.19. The number of aliphatic hydroxyl groups is 1. The largest absolute Gasteiger partial charge is 0.393 e. The van der Waals surface area contributed by atoms with Gasteiger partial charge in [-0.1, -0.05) is 23.7 Å². The highest BCUT2D eigenvalue weighted by atomic mass is 35.5. The van der Waals surface area contributed by atoms with Crippen molar-refractivity contribution < 1.29 is 14.2 Å². The van der Waals surface area contributed by atoms with Crippen molar-refractivity contribution in [3.63, 3.8) is 0 Å². The maximum atomic E-state index is 13.5. The number of aromatic nitrogens is 2. The Morgan fingerprint density at radius 3 is 2.69 bits per heavy atom. The Bertz CT molecular complexity index is 968. The molecule has 2 N–H and O–H groups in total. The summed E-state index contributed by atoms with van der Waals surface area (Å²) in [4.78, 5) is 2.29. The molecular weight excluding hydrogens is 393 g/mol. The number of piperidine rings is 1. The van der Waals surface area contributed by atoms with E-state index in [2.05, 4.69) is 22.1 Å². The van der Waals surface area contributed by atoms with Crippen molar-refractivity contribution in [2.24, 2.45) is 0 Å². The predicted molar refractivity (Wildman–Crippen MR) is 112 cm³/mol. The average molecular weight is 418 g/mol. The molecule has 0 radical (unpaired) electrons. The highest BCUT2D eigenvalue weighted by Gasteiger charge is 2.37. The SMILES string of the molecule is CN1CCC(COC(CO)c2cc(Cl)cc3cn[nH]c23)(c2ccc(F)cc2)CC1. The number of ether oxygens (including phenoxy) is 1. The fourth-order valence-electron chi connectivity index (χ4n) is 4.17. The van der Waals surface area contributed by atoms with Crippen LogP contribution in [0, 0.1) is 5.82 Å². The highest BCUT2D eigenvalue weighted by molar-refractivity contribution is 6.31. The minimum Gasteiger partial charge on any atom is -0.393 e. The van der Waals surface area contributed by atoms with E-state index in [0.29, 0.717) is 11.6 Å². The summed E-state index contributed by atoms with van der Waals surface area (Å²) >= 11 is 6.26. The lowest BCUT2D eigenvalue weighted by Crippen LogP contribution is -2.44. The number of aliphatic hydroxyl groups excluding tert-OH is 1. The summed E-state index contributed by atoms with van der Waals surface area (Å²) in [6.07, 6.45) is 2.98. The Hall–Kier alpha value is -1.99. The number of benzene rings is 2. The molecule has 1 aliphatic rings. The second-order valence-electron chi connectivity index (χ2n) is 7.90. The summed E-state index contributed by atoms with van der Waals surface area (Å²) in [7, 11) is 2.10. The van der Waals surface area contributed by atoms with Gasteiger partial charge in [0.15, 0.2) is 0 Å². The molecule has 1 atom stereocenters. The molecule has 29 heavy (non-hydrogen) atoms. The van der Waals surface area contributed by atoms with Crippen LogP contribution >= 0.6 is 11.6 Å². The number of fused-ring (bicyclic) bond motifs is 1. The molecule has 5 nitrogen and oxygen atoms in total. The first-order valence-corrected chi connectivity index (χ1v) is 10.2. The second kappa shape index (κ2) is 8.40. The van der Waals surface area contributed by atoms with E-state index in [1.54, 1.807) is 6.20 Å². The lowest BCUT2D eigenvalue weighted by Gasteiger charge is -2.41. The summed E-state index contributed by atoms with van der Waals surface area (Å²) in [6, 6.07) is 10.3. The third kappa shape index (κ3) is 4.16. The molecular formula is C22H25ClFN3O2. The molecule has 0 spiro atoms. The maximum Gasteiger partial charge on any atom is 0.123 e. The maximum absolute atomic E-state index is 13.5. The molecule has 154 valence electrons. The minimum absolute atomic E-state index is 0.173. The van der Waals surface area contributed by atoms with Gasteiger partial charge in [-0.05, 0) is 62.8 Å². The third-order valence-corrected chi connectivity index (χ3v) is 6.24. The van der Waals surface area contributed by atoms with Crippen molar-refractivity contribution in [3.05, 3.63) is 64.6 Å². The molecule has 0 saturated carbocycles. The van der Waals surface area contributed by atoms with Crippen molar-refractivity contribution in [1.29, 1.82) is 0 Å². The quantitative estimate of drug-likeness (QED) is 0.634. The third-order valence-electron chi connectivity index (χ3n) is 6.02. The Balaban J connectivity index is 1.62. The van der Waals surface area contributed by atoms with E-state index >= 15 is 0 Å². The Morgan fingerprint density at radius 1 is 1.28 bits per heavy atom. The normalized spacial score (nSPS) is 18.2. The number of hydrogen-bond acceptors (Lipinski definition) is 4. The van der Waals surface area contributed by atoms with Crippen LogP contribution in [0.2, 0.25) is 5.02 Å². The van der Waals surface area contributed by atoms with Crippen molar-refractivity contribution in [3.8, 4) is 0 Å². The molecule has 1 aliphatic heterocycles. The second-order valence-corrected chi connectivity index (χ2v) is 8.34. The van der Waals surface area contributed by atoms with Crippen LogP contribution in [0.4, 0.5) is 4.39 Å². The van der Waals surface area contributed by atoms with Gasteiger partial charge in [0.05, 0.1) is 24.9 Å². The van der Waals surface area contributed by atoms with Gasteiger partial charge >= 0.3 is 0 Å². The molecule has 1 fully saturated rings. The summed E-state index contributed by atoms with van der Waals surface area (Å²) < 4.78 is 19.8. The zero-order valence-electron chi connectivity index (χ0n) is 16.4. The predicted octanol–water partition coefficient (Wildman–Crippen LogP) is 4.07. The molecule has 2 heterocycles. The van der Waals surface area contributed by atoms with Crippen LogP contribution in [0.5, 0.6) is 0 Å². The Kier molecular flexibility index (Phi) is 5.88. The van der Waals surface area contributed by atoms with Gasteiger partial charge in [-0.15, -0.1) is 0 Å². The van der Waals surface area contributed by atoms with Crippen molar-refractivity contribution in [2.45, 2.75) is 24.4 Å². The van der Waals surface area contributed by atoms with Crippen LogP contribution in [-0.2, 0) is 10.2 Å². The molecule has 0 aliphatic carbocycles. The van der Waals surface area contributed by atoms with E-state index in [-0.39, 0.29) is 17.8 Å². The van der Waals surface area contributed by atoms with Gasteiger partial charge in [-0.25, -0.2) is 4.39 Å². The molecule has 0 bridgehead atoms. The highest BCUT2D eigenvalue weighted by Crippen LogP contribution is 2.38. The number of hydrogen-bond donors (Lipinski definition) is 2. The lowest BCUT2D eigenvalue weighted by molar-refractivity contribution is -0.0269. The van der Waals surface area contributed by atoms with Crippen LogP contribution in [0.1, 0.15) is 30.1 Å². The van der Waals surface area contributed by atoms with E-state index in [0.717, 1.165) is 48.0 Å². The van der Waals surface area contributed by atoms with Crippen molar-refractivity contribution >= 4 is 22.5 Å². The van der Waals surface area contributed by atoms with Gasteiger partial charge < -0.3 is 14.7 Å². The molecule has 4 rings (SSSR count). The number of likely N-dealkylation sites (tertiary alicyclic amines) is 1. The number of nitrogens with one attached hydrogen (secondary N) is 1. The smallest absolute Gasteiger partial charge is 0.123 e. The topological polar surface area (TPSA) is 61.4 Å². The first kappa shape index (κ1) is 20.3. The number of aromatic amines is 1. The summed E-state index contributed by atoms with van der Waals surface area (Å²) in [5.74, 6) is -0.244. The van der Waals surface area contributed by atoms with E-state index in [9.17, 15) is 9.50 Å². The summed E-state index contributed by atoms with van der Waals surface area (Å²) in [5, 5.41) is 18.6. The van der Waals surface area contributed by atoms with E-state index < -0.39 is 6.10 Å². The molecule has 0 amide bonds. The van der Waals surface area contributed by atoms with Gasteiger partial charge in [0.2, 0.25) is 0 Å². The number of H-pyrrole nitrogens is 1. The summed E-state index contributed by atoms with van der Waals surface area (Å²) in [6.45, 7) is 2.13. The van der Waals surface area contributed by atoms with E-state index in [1.165, 1.54) is 12.1 Å². The van der Waals surface area contributed by atoms with Crippen LogP contribution in [0.25, 0.3) is 10.9 Å². The van der Waals surface area contributed by atoms with E-state index in [1.807, 2.05) is 24.3 Å². The van der Waals surface area contributed by atoms with Crippen LogP contribution in [0.3, 0.4) is 0 Å². The number of halogens is 2. The number of rotatable bonds is 6. The first-order chi connectivity index (χ1) is 14.0.